The van der Waals surface area contributed by atoms with Gasteiger partial charge in [-0.2, -0.15) is 0 Å². The zero-order chi connectivity index (χ0) is 28.5. The Hall–Kier alpha value is -4.08. The topological polar surface area (TPSA) is 123 Å². The average Bonchev–Trinajstić information content (AvgIpc) is 3.39. The first kappa shape index (κ1) is 28.9. The van der Waals surface area contributed by atoms with Crippen LogP contribution in [0.3, 0.4) is 0 Å². The third-order valence-corrected chi connectivity index (χ3v) is 6.95. The molecule has 1 aliphatic rings. The van der Waals surface area contributed by atoms with Gasteiger partial charge in [-0.1, -0.05) is 36.4 Å². The summed E-state index contributed by atoms with van der Waals surface area (Å²) in [5.74, 6) is 0.168. The number of aliphatic hydroxyl groups is 1. The van der Waals surface area contributed by atoms with Crippen LogP contribution in [0.1, 0.15) is 41.3 Å². The fourth-order valence-electron chi connectivity index (χ4n) is 4.87. The average molecular weight is 547 g/mol. The molecular formula is C31H38N4O5. The highest BCUT2D eigenvalue weighted by Gasteiger charge is 2.26. The van der Waals surface area contributed by atoms with Crippen LogP contribution in [0.4, 0.5) is 11.4 Å². The first-order chi connectivity index (χ1) is 19.4. The van der Waals surface area contributed by atoms with Crippen molar-refractivity contribution in [3.05, 3.63) is 83.4 Å². The van der Waals surface area contributed by atoms with E-state index in [9.17, 15) is 19.8 Å². The third kappa shape index (κ3) is 7.52. The standard InChI is InChI=1S/C31H38N4O5/c1-3-33-24-16-23(17-25(18-24)35-13-7-10-30(35)38)31(39)34-26(14-21-8-5-4-6-9-21)28(37)20-32-19-22-11-12-27(36)29(15-22)40-2/h4-6,8-9,11-12,15-18,26,28,32-33,36-37H,3,7,10,13-14,19-20H2,1-2H3,(H,34,39)/t26-,28+/m0/s1. The smallest absolute Gasteiger partial charge is 0.251 e. The molecule has 2 amide bonds. The Morgan fingerprint density at radius 2 is 1.88 bits per heavy atom. The van der Waals surface area contributed by atoms with Crippen LogP contribution >= 0.6 is 0 Å². The minimum Gasteiger partial charge on any atom is -0.504 e. The van der Waals surface area contributed by atoms with Gasteiger partial charge in [-0.05, 0) is 61.2 Å². The lowest BCUT2D eigenvalue weighted by Gasteiger charge is -2.25. The summed E-state index contributed by atoms with van der Waals surface area (Å²) in [6, 6.07) is 19.6. The predicted octanol–water partition coefficient (Wildman–Crippen LogP) is 3.45. The number of aromatic hydroxyl groups is 1. The number of nitrogens with zero attached hydrogens (tertiary/aromatic N) is 1. The van der Waals surface area contributed by atoms with Gasteiger partial charge in [0.05, 0.1) is 19.3 Å². The number of rotatable bonds is 13. The summed E-state index contributed by atoms with van der Waals surface area (Å²) < 4.78 is 5.17. The minimum absolute atomic E-state index is 0.0507. The number of phenolic OH excluding ortho intramolecular Hbond substituents is 1. The Bertz CT molecular complexity index is 1300. The Kier molecular flexibility index (Phi) is 9.99. The molecule has 0 spiro atoms. The Morgan fingerprint density at radius 3 is 2.58 bits per heavy atom. The van der Waals surface area contributed by atoms with E-state index in [1.54, 1.807) is 35.2 Å². The SMILES string of the molecule is CCNc1cc(C(=O)N[C@@H](Cc2ccccc2)[C@H](O)CNCc2ccc(O)c(OC)c2)cc(N2CCCC2=O)c1. The van der Waals surface area contributed by atoms with Crippen LogP contribution in [0.15, 0.2) is 66.7 Å². The largest absolute Gasteiger partial charge is 0.504 e. The molecule has 2 atom stereocenters. The quantitative estimate of drug-likeness (QED) is 0.223. The molecular weight excluding hydrogens is 508 g/mol. The fourth-order valence-corrected chi connectivity index (χ4v) is 4.87. The van der Waals surface area contributed by atoms with Gasteiger partial charge in [-0.25, -0.2) is 0 Å². The summed E-state index contributed by atoms with van der Waals surface area (Å²) in [7, 11) is 1.49. The highest BCUT2D eigenvalue weighted by atomic mass is 16.5. The second kappa shape index (κ2) is 13.8. The Labute approximate surface area is 235 Å². The molecule has 3 aromatic carbocycles. The van der Waals surface area contributed by atoms with Gasteiger partial charge in [-0.15, -0.1) is 0 Å². The zero-order valence-corrected chi connectivity index (χ0v) is 23.0. The molecule has 40 heavy (non-hydrogen) atoms. The van der Waals surface area contributed by atoms with Gasteiger partial charge in [-0.3, -0.25) is 9.59 Å². The molecule has 0 unspecified atom stereocenters. The molecule has 0 radical (unpaired) electrons. The van der Waals surface area contributed by atoms with Crippen LogP contribution in [-0.2, 0) is 17.8 Å². The molecule has 0 aliphatic carbocycles. The molecule has 0 aromatic heterocycles. The molecule has 9 heteroatoms. The van der Waals surface area contributed by atoms with E-state index in [0.29, 0.717) is 49.5 Å². The number of carbonyl (C=O) groups excluding carboxylic acids is 2. The van der Waals surface area contributed by atoms with Crippen molar-refractivity contribution < 1.29 is 24.5 Å². The van der Waals surface area contributed by atoms with Crippen LogP contribution in [0.5, 0.6) is 11.5 Å². The number of methoxy groups -OCH3 is 1. The minimum atomic E-state index is -0.889. The molecule has 1 fully saturated rings. The van der Waals surface area contributed by atoms with E-state index in [1.165, 1.54) is 7.11 Å². The van der Waals surface area contributed by atoms with Crippen LogP contribution in [-0.4, -0.2) is 60.9 Å². The number of hydrogen-bond acceptors (Lipinski definition) is 7. The van der Waals surface area contributed by atoms with Crippen LogP contribution in [0, 0.1) is 0 Å². The molecule has 1 aliphatic heterocycles. The van der Waals surface area contributed by atoms with Crippen LogP contribution in [0.25, 0.3) is 0 Å². The molecule has 0 bridgehead atoms. The molecule has 4 rings (SSSR count). The van der Waals surface area contributed by atoms with Crippen LogP contribution in [0.2, 0.25) is 0 Å². The van der Waals surface area contributed by atoms with Crippen molar-refractivity contribution in [3.63, 3.8) is 0 Å². The number of hydrogen-bond donors (Lipinski definition) is 5. The first-order valence-corrected chi connectivity index (χ1v) is 13.7. The number of benzene rings is 3. The van der Waals surface area contributed by atoms with Crippen LogP contribution < -0.4 is 25.6 Å². The van der Waals surface area contributed by atoms with E-state index >= 15 is 0 Å². The molecule has 212 valence electrons. The summed E-state index contributed by atoms with van der Waals surface area (Å²) >= 11 is 0. The molecule has 3 aromatic rings. The molecule has 0 saturated carbocycles. The summed E-state index contributed by atoms with van der Waals surface area (Å²) in [5.41, 5.74) is 3.74. The number of anilines is 2. The molecule has 5 N–H and O–H groups in total. The van der Waals surface area contributed by atoms with Crippen molar-refractivity contribution >= 4 is 23.2 Å². The molecule has 1 saturated heterocycles. The van der Waals surface area contributed by atoms with Crippen molar-refractivity contribution in [1.82, 2.24) is 10.6 Å². The fraction of sp³-hybridized carbons (Fsp3) is 0.355. The second-order valence-electron chi connectivity index (χ2n) is 9.92. The summed E-state index contributed by atoms with van der Waals surface area (Å²) in [6.45, 7) is 3.94. The van der Waals surface area contributed by atoms with E-state index in [1.807, 2.05) is 43.3 Å². The van der Waals surface area contributed by atoms with Gasteiger partial charge in [0.15, 0.2) is 11.5 Å². The summed E-state index contributed by atoms with van der Waals surface area (Å²) in [5, 5.41) is 30.5. The number of nitrogens with one attached hydrogen (secondary N) is 3. The van der Waals surface area contributed by atoms with Gasteiger partial charge < -0.3 is 35.8 Å². The number of carbonyl (C=O) groups is 2. The van der Waals surface area contributed by atoms with Gasteiger partial charge >= 0.3 is 0 Å². The van der Waals surface area contributed by atoms with E-state index in [-0.39, 0.29) is 24.1 Å². The first-order valence-electron chi connectivity index (χ1n) is 13.7. The zero-order valence-electron chi connectivity index (χ0n) is 23.0. The lowest BCUT2D eigenvalue weighted by Crippen LogP contribution is -2.48. The highest BCUT2D eigenvalue weighted by Crippen LogP contribution is 2.27. The maximum Gasteiger partial charge on any atom is 0.251 e. The Balaban J connectivity index is 1.49. The van der Waals surface area contributed by atoms with Crippen molar-refractivity contribution in [3.8, 4) is 11.5 Å². The maximum absolute atomic E-state index is 13.5. The van der Waals surface area contributed by atoms with E-state index in [2.05, 4.69) is 16.0 Å². The number of phenols is 1. The number of amides is 2. The van der Waals surface area contributed by atoms with E-state index in [4.69, 9.17) is 4.74 Å². The normalized spacial score (nSPS) is 14.6. The lowest BCUT2D eigenvalue weighted by atomic mass is 10.00. The third-order valence-electron chi connectivity index (χ3n) is 6.95. The van der Waals surface area contributed by atoms with Gasteiger partial charge in [0, 0.05) is 49.5 Å². The summed E-state index contributed by atoms with van der Waals surface area (Å²) in [4.78, 5) is 27.7. The molecule has 9 nitrogen and oxygen atoms in total. The monoisotopic (exact) mass is 546 g/mol. The predicted molar refractivity (Wildman–Crippen MR) is 156 cm³/mol. The number of aliphatic hydroxyl groups excluding tert-OH is 1. The van der Waals surface area contributed by atoms with Crippen molar-refractivity contribution in [1.29, 1.82) is 0 Å². The maximum atomic E-state index is 13.5. The van der Waals surface area contributed by atoms with Gasteiger partial charge in [0.1, 0.15) is 0 Å². The highest BCUT2D eigenvalue weighted by molar-refractivity contribution is 6.00. The number of ether oxygens (including phenoxy) is 1. The lowest BCUT2D eigenvalue weighted by molar-refractivity contribution is -0.117. The van der Waals surface area contributed by atoms with Gasteiger partial charge in [0.2, 0.25) is 5.91 Å². The van der Waals surface area contributed by atoms with Crippen molar-refractivity contribution in [2.45, 2.75) is 44.9 Å². The van der Waals surface area contributed by atoms with Crippen molar-refractivity contribution in [2.75, 3.05) is 37.0 Å². The second-order valence-corrected chi connectivity index (χ2v) is 9.92. The van der Waals surface area contributed by atoms with Gasteiger partial charge in [0.25, 0.3) is 5.91 Å². The Morgan fingerprint density at radius 1 is 1.07 bits per heavy atom. The van der Waals surface area contributed by atoms with E-state index < -0.39 is 12.1 Å². The van der Waals surface area contributed by atoms with E-state index in [0.717, 1.165) is 23.2 Å². The van der Waals surface area contributed by atoms with Crippen molar-refractivity contribution in [2.24, 2.45) is 0 Å². The molecule has 1 heterocycles. The summed E-state index contributed by atoms with van der Waals surface area (Å²) in [6.07, 6.45) is 0.843.